The van der Waals surface area contributed by atoms with Gasteiger partial charge in [0.1, 0.15) is 24.5 Å². The highest BCUT2D eigenvalue weighted by Gasteiger charge is 2.29. The summed E-state index contributed by atoms with van der Waals surface area (Å²) < 4.78 is 10.3. The summed E-state index contributed by atoms with van der Waals surface area (Å²) in [5.41, 5.74) is 4.56. The predicted octanol–water partition coefficient (Wildman–Crippen LogP) is 3.19. The van der Waals surface area contributed by atoms with Crippen LogP contribution in [0, 0.1) is 0 Å². The van der Waals surface area contributed by atoms with Crippen molar-refractivity contribution in [1.29, 1.82) is 0 Å². The molecule has 3 aromatic rings. The number of aliphatic hydroxyl groups is 2. The number of nitrogens with one attached hydrogen (secondary N) is 1. The van der Waals surface area contributed by atoms with E-state index in [0.717, 1.165) is 22.3 Å². The molecule has 0 saturated heterocycles. The molecule has 1 amide bonds. The summed E-state index contributed by atoms with van der Waals surface area (Å²) in [7, 11) is 0. The zero-order valence-electron chi connectivity index (χ0n) is 18.7. The van der Waals surface area contributed by atoms with Crippen molar-refractivity contribution in [3.05, 3.63) is 89.2 Å². The lowest BCUT2D eigenvalue weighted by Crippen LogP contribution is -2.36. The zero-order chi connectivity index (χ0) is 24.1. The van der Waals surface area contributed by atoms with Gasteiger partial charge in [0.05, 0.1) is 12.3 Å². The molecule has 0 saturated carbocycles. The van der Waals surface area contributed by atoms with Crippen molar-refractivity contribution in [1.82, 2.24) is 10.3 Å². The highest BCUT2D eigenvalue weighted by Crippen LogP contribution is 2.44. The lowest BCUT2D eigenvalue weighted by atomic mass is 9.98. The fraction of sp³-hybridized carbons (Fsp3) is 0.269. The van der Waals surface area contributed by atoms with Crippen LogP contribution in [0.2, 0.25) is 0 Å². The first-order chi connectivity index (χ1) is 16.5. The number of hydrogen-bond donors (Lipinski definition) is 3. The number of rotatable bonds is 8. The number of pyridine rings is 1. The van der Waals surface area contributed by atoms with Crippen LogP contribution in [0.15, 0.2) is 66.7 Å². The molecule has 0 radical (unpaired) electrons. The van der Waals surface area contributed by atoms with Crippen molar-refractivity contribution < 1.29 is 29.3 Å². The monoisotopic (exact) mass is 462 g/mol. The average Bonchev–Trinajstić information content (AvgIpc) is 3.19. The first-order valence-electron chi connectivity index (χ1n) is 11.1. The number of aliphatic hydroxyl groups excluding tert-OH is 2. The molecule has 2 atom stereocenters. The van der Waals surface area contributed by atoms with Crippen molar-refractivity contribution in [3.63, 3.8) is 0 Å². The van der Waals surface area contributed by atoms with Gasteiger partial charge >= 0.3 is 12.1 Å². The molecule has 1 aliphatic carbocycles. The van der Waals surface area contributed by atoms with E-state index in [-0.39, 0.29) is 37.1 Å². The fourth-order valence-corrected chi connectivity index (χ4v) is 4.08. The molecule has 34 heavy (non-hydrogen) atoms. The van der Waals surface area contributed by atoms with Gasteiger partial charge in [-0.05, 0) is 41.3 Å². The number of alkyl carbamates (subject to hydrolysis) is 1. The van der Waals surface area contributed by atoms with E-state index in [4.69, 9.17) is 9.47 Å². The van der Waals surface area contributed by atoms with Crippen molar-refractivity contribution >= 4 is 12.1 Å². The quantitative estimate of drug-likeness (QED) is 0.440. The molecule has 8 nitrogen and oxygen atoms in total. The Kier molecular flexibility index (Phi) is 7.20. The Labute approximate surface area is 197 Å². The Morgan fingerprint density at radius 2 is 1.59 bits per heavy atom. The molecular formula is C26H26N2O6. The highest BCUT2D eigenvalue weighted by molar-refractivity contribution is 5.87. The van der Waals surface area contributed by atoms with E-state index in [1.54, 1.807) is 6.92 Å². The molecule has 1 heterocycles. The van der Waals surface area contributed by atoms with Gasteiger partial charge in [0.2, 0.25) is 0 Å². The van der Waals surface area contributed by atoms with Gasteiger partial charge in [-0.2, -0.15) is 0 Å². The number of nitrogens with zero attached hydrogens (tertiary/aromatic N) is 1. The van der Waals surface area contributed by atoms with Crippen LogP contribution in [0.1, 0.15) is 46.3 Å². The van der Waals surface area contributed by atoms with Crippen LogP contribution in [0.25, 0.3) is 11.1 Å². The third-order valence-electron chi connectivity index (χ3n) is 5.72. The third kappa shape index (κ3) is 4.93. The molecule has 4 rings (SSSR count). The Morgan fingerprint density at radius 3 is 2.24 bits per heavy atom. The molecule has 1 aliphatic rings. The normalized spacial score (nSPS) is 14.0. The molecule has 1 aromatic heterocycles. The van der Waals surface area contributed by atoms with Gasteiger partial charge in [0, 0.05) is 12.5 Å². The molecule has 0 bridgehead atoms. The maximum atomic E-state index is 12.3. The van der Waals surface area contributed by atoms with E-state index in [1.807, 2.05) is 36.4 Å². The highest BCUT2D eigenvalue weighted by atomic mass is 16.5. The fourth-order valence-electron chi connectivity index (χ4n) is 4.08. The summed E-state index contributed by atoms with van der Waals surface area (Å²) in [4.78, 5) is 28.2. The van der Waals surface area contributed by atoms with E-state index >= 15 is 0 Å². The Bertz CT molecular complexity index is 1140. The van der Waals surface area contributed by atoms with Crippen LogP contribution >= 0.6 is 0 Å². The number of carbonyl (C=O) groups is 2. The van der Waals surface area contributed by atoms with Crippen molar-refractivity contribution in [2.75, 3.05) is 19.8 Å². The molecule has 8 heteroatoms. The number of aromatic nitrogens is 1. The summed E-state index contributed by atoms with van der Waals surface area (Å²) in [6.45, 7) is 1.75. The standard InChI is InChI=1S/C26H26N2O6/c1-2-33-25(31)22-13-7-12-21(28-22)24(30)23(29)14-27-26(32)34-15-20-18-10-5-3-8-16(18)17-9-4-6-11-19(17)20/h3-13,20,23-24,29-30H,2,14-15H2,1H3,(H,27,32). The van der Waals surface area contributed by atoms with Crippen molar-refractivity contribution in [3.8, 4) is 11.1 Å². The lowest BCUT2D eigenvalue weighted by Gasteiger charge is -2.19. The van der Waals surface area contributed by atoms with Crippen LogP contribution in [-0.2, 0) is 9.47 Å². The molecule has 2 unspecified atom stereocenters. The number of esters is 1. The Balaban J connectivity index is 1.32. The van der Waals surface area contributed by atoms with E-state index in [2.05, 4.69) is 22.4 Å². The second-order valence-corrected chi connectivity index (χ2v) is 7.89. The van der Waals surface area contributed by atoms with Crippen LogP contribution in [0.4, 0.5) is 4.79 Å². The summed E-state index contributed by atoms with van der Waals surface area (Å²) in [5, 5.41) is 23.2. The molecule has 2 aromatic carbocycles. The SMILES string of the molecule is CCOC(=O)c1cccc(C(O)C(O)CNC(=O)OCC2c3ccccc3-c3ccccc32)n1. The number of benzene rings is 2. The summed E-state index contributed by atoms with van der Waals surface area (Å²) >= 11 is 0. The molecule has 0 fully saturated rings. The topological polar surface area (TPSA) is 118 Å². The minimum absolute atomic E-state index is 0.0232. The first-order valence-corrected chi connectivity index (χ1v) is 11.1. The molecule has 0 spiro atoms. The number of carbonyl (C=O) groups excluding carboxylic acids is 2. The van der Waals surface area contributed by atoms with E-state index in [0.29, 0.717) is 0 Å². The van der Waals surface area contributed by atoms with Crippen LogP contribution in [-0.4, -0.2) is 53.1 Å². The zero-order valence-corrected chi connectivity index (χ0v) is 18.7. The van der Waals surface area contributed by atoms with Gasteiger partial charge in [-0.15, -0.1) is 0 Å². The summed E-state index contributed by atoms with van der Waals surface area (Å²) in [5.74, 6) is -0.703. The third-order valence-corrected chi connectivity index (χ3v) is 5.72. The smallest absolute Gasteiger partial charge is 0.407 e. The maximum absolute atomic E-state index is 12.3. The first kappa shape index (κ1) is 23.4. The molecule has 176 valence electrons. The number of amides is 1. The predicted molar refractivity (Wildman–Crippen MR) is 124 cm³/mol. The molecular weight excluding hydrogens is 436 g/mol. The van der Waals surface area contributed by atoms with E-state index in [1.165, 1.54) is 18.2 Å². The van der Waals surface area contributed by atoms with Crippen LogP contribution < -0.4 is 5.32 Å². The van der Waals surface area contributed by atoms with Gasteiger partial charge in [-0.3, -0.25) is 0 Å². The average molecular weight is 463 g/mol. The minimum atomic E-state index is -1.41. The van der Waals surface area contributed by atoms with Gasteiger partial charge in [-0.25, -0.2) is 14.6 Å². The maximum Gasteiger partial charge on any atom is 0.407 e. The number of ether oxygens (including phenoxy) is 2. The number of fused-ring (bicyclic) bond motifs is 3. The second-order valence-electron chi connectivity index (χ2n) is 7.89. The number of hydrogen-bond acceptors (Lipinski definition) is 7. The lowest BCUT2D eigenvalue weighted by molar-refractivity contribution is 0.0158. The minimum Gasteiger partial charge on any atom is -0.461 e. The van der Waals surface area contributed by atoms with Crippen LogP contribution in [0.3, 0.4) is 0 Å². The molecule has 3 N–H and O–H groups in total. The van der Waals surface area contributed by atoms with Gasteiger partial charge in [0.15, 0.2) is 0 Å². The summed E-state index contributed by atoms with van der Waals surface area (Å²) in [6.07, 6.45) is -3.48. The summed E-state index contributed by atoms with van der Waals surface area (Å²) in [6, 6.07) is 20.5. The largest absolute Gasteiger partial charge is 0.461 e. The molecule has 0 aliphatic heterocycles. The van der Waals surface area contributed by atoms with E-state index in [9.17, 15) is 19.8 Å². The van der Waals surface area contributed by atoms with Crippen molar-refractivity contribution in [2.45, 2.75) is 25.0 Å². The Hall–Kier alpha value is -3.75. The van der Waals surface area contributed by atoms with E-state index < -0.39 is 24.3 Å². The Morgan fingerprint density at radius 1 is 0.941 bits per heavy atom. The van der Waals surface area contributed by atoms with Crippen molar-refractivity contribution in [2.24, 2.45) is 0 Å². The second kappa shape index (κ2) is 10.5. The van der Waals surface area contributed by atoms with Gasteiger partial charge in [0.25, 0.3) is 0 Å². The van der Waals surface area contributed by atoms with Gasteiger partial charge < -0.3 is 25.0 Å². The van der Waals surface area contributed by atoms with Gasteiger partial charge in [-0.1, -0.05) is 54.6 Å². The van der Waals surface area contributed by atoms with Crippen LogP contribution in [0.5, 0.6) is 0 Å².